The number of carboxylic acids is 1. The topological polar surface area (TPSA) is 57.6 Å². The van der Waals surface area contributed by atoms with Crippen LogP contribution in [0.4, 0.5) is 26.3 Å². The average Bonchev–Trinajstić information content (AvgIpc) is 2.99. The van der Waals surface area contributed by atoms with Crippen molar-refractivity contribution >= 4 is 11.9 Å². The molecule has 0 aliphatic carbocycles. The SMILES string of the molecule is O=C(O)c1ccccc1CCC(=O)N1CCC(C(F)(F)F)(C(F)(F)F)C1. The fourth-order valence-corrected chi connectivity index (χ4v) is 2.99. The summed E-state index contributed by atoms with van der Waals surface area (Å²) < 4.78 is 78.1. The summed E-state index contributed by atoms with van der Waals surface area (Å²) in [6, 6.07) is 5.74. The molecule has 0 atom stereocenters. The number of hydrogen-bond acceptors (Lipinski definition) is 2. The van der Waals surface area contributed by atoms with E-state index >= 15 is 0 Å². The predicted molar refractivity (Wildman–Crippen MR) is 77.5 cm³/mol. The van der Waals surface area contributed by atoms with Gasteiger partial charge in [0.1, 0.15) is 0 Å². The molecule has 1 N–H and O–H groups in total. The molecule has 1 aliphatic heterocycles. The van der Waals surface area contributed by atoms with Crippen LogP contribution in [0.3, 0.4) is 0 Å². The van der Waals surface area contributed by atoms with Gasteiger partial charge in [-0.15, -0.1) is 0 Å². The van der Waals surface area contributed by atoms with E-state index in [0.29, 0.717) is 4.90 Å². The van der Waals surface area contributed by atoms with Gasteiger partial charge in [-0.3, -0.25) is 4.79 Å². The Labute approximate surface area is 144 Å². The standard InChI is InChI=1S/C16H15F6NO3/c17-15(18,19)14(16(20,21)22)7-8-23(9-14)12(24)6-5-10-3-1-2-4-11(10)13(25)26/h1-4H,5-9H2,(H,25,26). The van der Waals surface area contributed by atoms with Crippen LogP contribution >= 0.6 is 0 Å². The summed E-state index contributed by atoms with van der Waals surface area (Å²) >= 11 is 0. The third-order valence-corrected chi connectivity index (χ3v) is 4.56. The van der Waals surface area contributed by atoms with E-state index in [-0.39, 0.29) is 24.0 Å². The Morgan fingerprint density at radius 3 is 2.15 bits per heavy atom. The summed E-state index contributed by atoms with van der Waals surface area (Å²) in [5.41, 5.74) is -3.71. The molecule has 4 nitrogen and oxygen atoms in total. The zero-order chi connectivity index (χ0) is 19.8. The average molecular weight is 383 g/mol. The van der Waals surface area contributed by atoms with Crippen molar-refractivity contribution < 1.29 is 41.0 Å². The van der Waals surface area contributed by atoms with E-state index in [1.54, 1.807) is 0 Å². The lowest BCUT2D eigenvalue weighted by Gasteiger charge is -2.33. The summed E-state index contributed by atoms with van der Waals surface area (Å²) in [5.74, 6) is -2.11. The third-order valence-electron chi connectivity index (χ3n) is 4.56. The highest BCUT2D eigenvalue weighted by Crippen LogP contribution is 2.55. The summed E-state index contributed by atoms with van der Waals surface area (Å²) in [7, 11) is 0. The Balaban J connectivity index is 2.10. The van der Waals surface area contributed by atoms with Gasteiger partial charge >= 0.3 is 18.3 Å². The number of hydrogen-bond donors (Lipinski definition) is 1. The molecule has 1 fully saturated rings. The first kappa shape index (κ1) is 20.1. The molecule has 10 heteroatoms. The Kier molecular flexibility index (Phi) is 5.25. The van der Waals surface area contributed by atoms with Crippen LogP contribution in [0.5, 0.6) is 0 Å². The Bertz CT molecular complexity index is 684. The van der Waals surface area contributed by atoms with Crippen molar-refractivity contribution in [2.24, 2.45) is 5.41 Å². The number of halogens is 6. The molecule has 0 unspecified atom stereocenters. The number of carbonyl (C=O) groups excluding carboxylic acids is 1. The van der Waals surface area contributed by atoms with E-state index in [9.17, 15) is 35.9 Å². The fraction of sp³-hybridized carbons (Fsp3) is 0.500. The second-order valence-corrected chi connectivity index (χ2v) is 6.11. The minimum Gasteiger partial charge on any atom is -0.478 e. The first-order valence-electron chi connectivity index (χ1n) is 7.61. The van der Waals surface area contributed by atoms with Crippen LogP contribution in [0.2, 0.25) is 0 Å². The van der Waals surface area contributed by atoms with Gasteiger partial charge in [-0.05, 0) is 24.5 Å². The Morgan fingerprint density at radius 2 is 1.65 bits per heavy atom. The van der Waals surface area contributed by atoms with E-state index < -0.39 is 49.2 Å². The highest BCUT2D eigenvalue weighted by atomic mass is 19.4. The first-order chi connectivity index (χ1) is 11.9. The lowest BCUT2D eigenvalue weighted by Crippen LogP contribution is -2.52. The lowest BCUT2D eigenvalue weighted by molar-refractivity contribution is -0.334. The van der Waals surface area contributed by atoms with Crippen LogP contribution in [-0.4, -0.2) is 47.3 Å². The zero-order valence-corrected chi connectivity index (χ0v) is 13.3. The molecule has 0 saturated carbocycles. The van der Waals surface area contributed by atoms with Crippen molar-refractivity contribution in [1.29, 1.82) is 0 Å². The molecule has 1 amide bonds. The molecule has 0 spiro atoms. The van der Waals surface area contributed by atoms with Gasteiger partial charge in [-0.2, -0.15) is 26.3 Å². The number of carboxylic acid groups (broad SMARTS) is 1. The smallest absolute Gasteiger partial charge is 0.404 e. The van der Waals surface area contributed by atoms with Crippen LogP contribution in [0.1, 0.15) is 28.8 Å². The number of aryl methyl sites for hydroxylation is 1. The molecular formula is C16H15F6NO3. The predicted octanol–water partition coefficient (Wildman–Crippen LogP) is 3.66. The molecule has 1 aromatic carbocycles. The van der Waals surface area contributed by atoms with E-state index in [1.807, 2.05) is 0 Å². The van der Waals surface area contributed by atoms with Crippen LogP contribution in [-0.2, 0) is 11.2 Å². The van der Waals surface area contributed by atoms with E-state index in [1.165, 1.54) is 24.3 Å². The van der Waals surface area contributed by atoms with Gasteiger partial charge in [0.25, 0.3) is 0 Å². The maximum atomic E-state index is 13.0. The maximum absolute atomic E-state index is 13.0. The number of aromatic carboxylic acids is 1. The molecule has 0 bridgehead atoms. The second kappa shape index (κ2) is 6.81. The van der Waals surface area contributed by atoms with E-state index in [4.69, 9.17) is 5.11 Å². The molecule has 0 aromatic heterocycles. The van der Waals surface area contributed by atoms with Gasteiger partial charge in [0, 0.05) is 19.5 Å². The molecule has 1 saturated heterocycles. The lowest BCUT2D eigenvalue weighted by atomic mass is 9.85. The van der Waals surface area contributed by atoms with Gasteiger partial charge in [-0.1, -0.05) is 18.2 Å². The largest absolute Gasteiger partial charge is 0.478 e. The van der Waals surface area contributed by atoms with Crippen LogP contribution in [0.15, 0.2) is 24.3 Å². The molecule has 1 aromatic rings. The molecule has 1 heterocycles. The van der Waals surface area contributed by atoms with Crippen molar-refractivity contribution in [3.05, 3.63) is 35.4 Å². The molecule has 144 valence electrons. The molecule has 26 heavy (non-hydrogen) atoms. The number of alkyl halides is 6. The minimum absolute atomic E-state index is 0.0679. The van der Waals surface area contributed by atoms with Crippen LogP contribution in [0, 0.1) is 5.41 Å². The monoisotopic (exact) mass is 383 g/mol. The van der Waals surface area contributed by atoms with Gasteiger partial charge < -0.3 is 10.0 Å². The first-order valence-corrected chi connectivity index (χ1v) is 7.61. The van der Waals surface area contributed by atoms with E-state index in [0.717, 1.165) is 0 Å². The number of benzene rings is 1. The number of rotatable bonds is 4. The van der Waals surface area contributed by atoms with Crippen LogP contribution in [0.25, 0.3) is 0 Å². The van der Waals surface area contributed by atoms with Crippen molar-refractivity contribution in [2.75, 3.05) is 13.1 Å². The highest BCUT2D eigenvalue weighted by molar-refractivity contribution is 5.89. The molecule has 0 radical (unpaired) electrons. The third kappa shape index (κ3) is 3.63. The van der Waals surface area contributed by atoms with Crippen molar-refractivity contribution in [3.8, 4) is 0 Å². The minimum atomic E-state index is -5.52. The summed E-state index contributed by atoms with van der Waals surface area (Å²) in [4.78, 5) is 23.7. The molecule has 1 aliphatic rings. The van der Waals surface area contributed by atoms with Gasteiger partial charge in [0.2, 0.25) is 5.91 Å². The summed E-state index contributed by atoms with van der Waals surface area (Å²) in [5, 5.41) is 9.04. The van der Waals surface area contributed by atoms with Crippen molar-refractivity contribution in [2.45, 2.75) is 31.6 Å². The number of nitrogens with zero attached hydrogens (tertiary/aromatic N) is 1. The maximum Gasteiger partial charge on any atom is 0.404 e. The fourth-order valence-electron chi connectivity index (χ4n) is 2.99. The second-order valence-electron chi connectivity index (χ2n) is 6.11. The molecular weight excluding hydrogens is 368 g/mol. The number of likely N-dealkylation sites (tertiary alicyclic amines) is 1. The number of carbonyl (C=O) groups is 2. The summed E-state index contributed by atoms with van der Waals surface area (Å²) in [6.07, 6.45) is -12.7. The van der Waals surface area contributed by atoms with Gasteiger partial charge in [0.05, 0.1) is 5.56 Å². The summed E-state index contributed by atoms with van der Waals surface area (Å²) in [6.45, 7) is -2.13. The van der Waals surface area contributed by atoms with Gasteiger partial charge in [-0.25, -0.2) is 4.79 Å². The van der Waals surface area contributed by atoms with E-state index in [2.05, 4.69) is 0 Å². The van der Waals surface area contributed by atoms with Crippen molar-refractivity contribution in [3.63, 3.8) is 0 Å². The molecule has 2 rings (SSSR count). The normalized spacial score (nSPS) is 17.4. The Morgan fingerprint density at radius 1 is 1.08 bits per heavy atom. The highest BCUT2D eigenvalue weighted by Gasteiger charge is 2.72. The van der Waals surface area contributed by atoms with Gasteiger partial charge in [0.15, 0.2) is 5.41 Å². The van der Waals surface area contributed by atoms with Crippen molar-refractivity contribution in [1.82, 2.24) is 4.90 Å². The zero-order valence-electron chi connectivity index (χ0n) is 13.3. The number of amides is 1. The quantitative estimate of drug-likeness (QED) is 0.808. The Hall–Kier alpha value is -2.26. The van der Waals surface area contributed by atoms with Crippen LogP contribution < -0.4 is 0 Å².